The molecule has 0 aromatic carbocycles. The number of hydrogen-bond acceptors (Lipinski definition) is 19. The first-order valence-electron chi connectivity index (χ1n) is 31.1. The van der Waals surface area contributed by atoms with Crippen molar-refractivity contribution in [3.63, 3.8) is 0 Å². The van der Waals surface area contributed by atoms with Gasteiger partial charge >= 0.3 is 24.4 Å². The van der Waals surface area contributed by atoms with Crippen LogP contribution in [0.25, 0.3) is 12.2 Å². The molecular weight excluding hydrogens is 1230 g/mol. The molecule has 9 aromatic heterocycles. The highest BCUT2D eigenvalue weighted by atomic mass is 16.6. The van der Waals surface area contributed by atoms with E-state index in [1.54, 1.807) is 83.3 Å². The summed E-state index contributed by atoms with van der Waals surface area (Å²) in [6.07, 6.45) is 22.2. The first-order valence-corrected chi connectivity index (χ1v) is 31.1. The number of aromatic nitrogens is 18. The van der Waals surface area contributed by atoms with E-state index in [0.717, 1.165) is 70.4 Å². The monoisotopic (exact) mass is 1330 g/mol. The molecule has 0 radical (unpaired) electrons. The lowest BCUT2D eigenvalue weighted by Gasteiger charge is -2.20. The van der Waals surface area contributed by atoms with Crippen LogP contribution in [-0.4, -0.2) is 141 Å². The molecular formula is C67H98N20O9. The summed E-state index contributed by atoms with van der Waals surface area (Å²) in [5.74, 6) is 7.85. The van der Waals surface area contributed by atoms with Crippen LogP contribution in [0.2, 0.25) is 0 Å². The molecule has 0 aliphatic rings. The number of aryl methyl sites for hydroxylation is 12. The minimum Gasteiger partial charge on any atom is -0.443 e. The highest BCUT2D eigenvalue weighted by Gasteiger charge is 2.25. The topological polar surface area (TPSA) is 375 Å². The highest BCUT2D eigenvalue weighted by Crippen LogP contribution is 2.18. The van der Waals surface area contributed by atoms with Crippen LogP contribution in [-0.2, 0) is 55.8 Å². The first-order chi connectivity index (χ1) is 44.6. The lowest BCUT2D eigenvalue weighted by atomic mass is 10.2. The fourth-order valence-electron chi connectivity index (χ4n) is 8.39. The van der Waals surface area contributed by atoms with Gasteiger partial charge in [-0.15, -0.1) is 0 Å². The Kier molecular flexibility index (Phi) is 28.1. The zero-order chi connectivity index (χ0) is 72.0. The predicted molar refractivity (Wildman–Crippen MR) is 367 cm³/mol. The smallest absolute Gasteiger partial charge is 0.420 e. The van der Waals surface area contributed by atoms with Gasteiger partial charge in [0.25, 0.3) is 0 Å². The number of nitrogen functional groups attached to an aromatic ring is 1. The van der Waals surface area contributed by atoms with E-state index in [1.165, 1.54) is 18.3 Å². The maximum absolute atomic E-state index is 12.3. The zero-order valence-electron chi connectivity index (χ0n) is 59.7. The number of ether oxygens (including phenoxy) is 4. The van der Waals surface area contributed by atoms with E-state index in [4.69, 9.17) is 24.7 Å². The van der Waals surface area contributed by atoms with Crippen LogP contribution in [0.15, 0.2) is 68.4 Å². The Morgan fingerprint density at radius 1 is 0.458 bits per heavy atom. The second kappa shape index (κ2) is 34.6. The van der Waals surface area contributed by atoms with Gasteiger partial charge in [0.1, 0.15) is 86.5 Å². The Balaban J connectivity index is 0.000000251. The minimum absolute atomic E-state index is 0.104. The number of carbonyl (C=O) groups excluding carboxylic acids is 5. The summed E-state index contributed by atoms with van der Waals surface area (Å²) < 4.78 is 27.3. The Morgan fingerprint density at radius 3 is 1.23 bits per heavy atom. The second-order valence-corrected chi connectivity index (χ2v) is 26.0. The summed E-state index contributed by atoms with van der Waals surface area (Å²) in [6, 6.07) is 0. The van der Waals surface area contributed by atoms with Gasteiger partial charge in [0.15, 0.2) is 0 Å². The van der Waals surface area contributed by atoms with Gasteiger partial charge in [-0.25, -0.2) is 82.3 Å². The van der Waals surface area contributed by atoms with Crippen molar-refractivity contribution in [1.29, 1.82) is 0 Å². The van der Waals surface area contributed by atoms with Crippen LogP contribution in [0.3, 0.4) is 0 Å². The number of nitrogens with zero attached hydrogens (tertiary/aromatic N) is 13. The molecule has 9 heterocycles. The van der Waals surface area contributed by atoms with E-state index in [1.807, 2.05) is 143 Å². The SMILES string of the molecule is C=Cc1cnc(C)n1C(=O)OC(C)(C)C.CCc1cnc(C)n1C(=O)OC(C)(C)C.Cc1ncc(CC(=O)Nc2cnc(C)[nH]2)[nH]1.Cc1ncc(CC=Cc2cnc(C)n2C(=O)OC(C)(C)C)[nH]1.Cc1ncc(CCc2cnc(C)n2C(=O)OC(C)(C)C)[nH]1.Cc1ncc(N)[nH]1. The lowest BCUT2D eigenvalue weighted by Crippen LogP contribution is -2.28. The number of allylic oxidation sites excluding steroid dienone is 1. The summed E-state index contributed by atoms with van der Waals surface area (Å²) in [5.41, 5.74) is 9.14. The van der Waals surface area contributed by atoms with Gasteiger partial charge in [-0.1, -0.05) is 19.6 Å². The fourth-order valence-corrected chi connectivity index (χ4v) is 8.39. The number of H-pyrrole nitrogens is 5. The number of nitrogens with two attached hydrogens (primary N) is 1. The Bertz CT molecular complexity index is 3950. The van der Waals surface area contributed by atoms with E-state index in [9.17, 15) is 24.0 Å². The zero-order valence-corrected chi connectivity index (χ0v) is 59.7. The average molecular weight is 1330 g/mol. The molecule has 0 atom stereocenters. The molecule has 0 spiro atoms. The van der Waals surface area contributed by atoms with Crippen molar-refractivity contribution in [1.82, 2.24) is 88.0 Å². The number of amides is 1. The third-order valence-corrected chi connectivity index (χ3v) is 12.4. The molecule has 520 valence electrons. The van der Waals surface area contributed by atoms with Crippen LogP contribution in [0, 0.1) is 62.3 Å². The van der Waals surface area contributed by atoms with Crippen molar-refractivity contribution in [3.05, 3.63) is 161 Å². The molecule has 0 unspecified atom stereocenters. The molecule has 0 saturated carbocycles. The van der Waals surface area contributed by atoms with E-state index in [0.29, 0.717) is 59.2 Å². The summed E-state index contributed by atoms with van der Waals surface area (Å²) >= 11 is 0. The van der Waals surface area contributed by atoms with Crippen LogP contribution in [0.1, 0.15) is 182 Å². The summed E-state index contributed by atoms with van der Waals surface area (Å²) in [4.78, 5) is 111. The number of nitrogens with one attached hydrogen (secondary N) is 6. The van der Waals surface area contributed by atoms with E-state index >= 15 is 0 Å². The quantitative estimate of drug-likeness (QED) is 0.0591. The molecule has 0 aliphatic heterocycles. The third kappa shape index (κ3) is 26.9. The maximum atomic E-state index is 12.3. The Labute approximate surface area is 561 Å². The maximum Gasteiger partial charge on any atom is 0.420 e. The molecule has 29 nitrogen and oxygen atoms in total. The van der Waals surface area contributed by atoms with Gasteiger partial charge in [-0.2, -0.15) is 0 Å². The minimum atomic E-state index is -0.539. The summed E-state index contributed by atoms with van der Waals surface area (Å²) in [5, 5.41) is 2.72. The molecule has 9 rings (SSSR count). The standard InChI is InChI=1S/C16H22N4O2.C15H22N4O2.C11H18N2O2.C11H16N2O2.C10H13N5O.C4H7N3/c1-11-17-9-13(19-11)7-6-8-14-10-18-12(2)20(14)15(21)22-16(3,4)5;1-10-16-8-12(18-10)6-7-13-9-17-11(2)19(13)14(20)21-15(3,4)5;2*1-6-9-7-12-8(2)13(9)10(14)15-11(3,4)5;1-6-11-4-8(13-6)3-10(16)15-9-5-12-7(2)14-9;1-3-6-2-4(5)7-3/h6,8-10H,7H2,1-5H3,(H,17,19);8-9H,6-7H2,1-5H3,(H,16,18);7H,6H2,1-5H3;6-7H,1H2,2-5H3;4-5H,3H2,1-2H3,(H,11,13)(H,12,14)(H,15,16);2H,5H2,1H3,(H,6,7). The van der Waals surface area contributed by atoms with Gasteiger partial charge in [0.2, 0.25) is 5.91 Å². The molecule has 96 heavy (non-hydrogen) atoms. The number of carbonyl (C=O) groups is 5. The summed E-state index contributed by atoms with van der Waals surface area (Å²) in [6.45, 7) is 44.2. The number of hydrogen-bond donors (Lipinski definition) is 7. The molecule has 0 saturated heterocycles. The number of rotatable bonds is 11. The van der Waals surface area contributed by atoms with Crippen LogP contribution >= 0.6 is 0 Å². The fraction of sp³-hybridized carbons (Fsp3) is 0.463. The molecule has 9 aromatic rings. The lowest BCUT2D eigenvalue weighted by molar-refractivity contribution is -0.115. The van der Waals surface area contributed by atoms with Crippen molar-refractivity contribution in [2.24, 2.45) is 0 Å². The third-order valence-electron chi connectivity index (χ3n) is 12.4. The van der Waals surface area contributed by atoms with Gasteiger partial charge in [0.05, 0.1) is 42.6 Å². The molecule has 29 heteroatoms. The first kappa shape index (κ1) is 78.0. The van der Waals surface area contributed by atoms with Crippen molar-refractivity contribution in [2.45, 2.75) is 207 Å². The molecule has 0 aliphatic carbocycles. The van der Waals surface area contributed by atoms with E-state index < -0.39 is 34.6 Å². The van der Waals surface area contributed by atoms with Gasteiger partial charge in [-0.05, 0) is 177 Å². The van der Waals surface area contributed by atoms with Gasteiger partial charge in [-0.3, -0.25) is 4.79 Å². The molecule has 0 fully saturated rings. The Hall–Kier alpha value is -10.5. The van der Waals surface area contributed by atoms with Crippen molar-refractivity contribution >= 4 is 54.1 Å². The highest BCUT2D eigenvalue weighted by molar-refractivity contribution is 5.91. The van der Waals surface area contributed by atoms with Crippen LogP contribution in [0.5, 0.6) is 0 Å². The normalized spacial score (nSPS) is 11.3. The second-order valence-electron chi connectivity index (χ2n) is 26.0. The Morgan fingerprint density at radius 2 is 0.833 bits per heavy atom. The van der Waals surface area contributed by atoms with Gasteiger partial charge < -0.3 is 54.9 Å². The van der Waals surface area contributed by atoms with Crippen molar-refractivity contribution in [2.75, 3.05) is 11.1 Å². The van der Waals surface area contributed by atoms with Crippen LogP contribution < -0.4 is 11.1 Å². The predicted octanol–water partition coefficient (Wildman–Crippen LogP) is 12.4. The molecule has 1 amide bonds. The largest absolute Gasteiger partial charge is 0.443 e. The summed E-state index contributed by atoms with van der Waals surface area (Å²) in [7, 11) is 0. The molecule has 0 bridgehead atoms. The number of imidazole rings is 9. The van der Waals surface area contributed by atoms with Crippen molar-refractivity contribution < 1.29 is 42.9 Å². The molecule has 8 N–H and O–H groups in total. The number of anilines is 2. The number of aromatic amines is 5. The van der Waals surface area contributed by atoms with E-state index in [2.05, 4.69) is 81.7 Å². The van der Waals surface area contributed by atoms with Gasteiger partial charge in [0, 0.05) is 65.9 Å². The van der Waals surface area contributed by atoms with E-state index in [-0.39, 0.29) is 24.5 Å². The van der Waals surface area contributed by atoms with Crippen LogP contribution in [0.4, 0.5) is 30.8 Å². The average Bonchev–Trinajstić information content (AvgIpc) is 1.72. The van der Waals surface area contributed by atoms with Crippen molar-refractivity contribution in [3.8, 4) is 0 Å².